The molecule has 1 aliphatic rings. The van der Waals surface area contributed by atoms with Crippen LogP contribution in [0.3, 0.4) is 0 Å². The van der Waals surface area contributed by atoms with Crippen LogP contribution in [-0.4, -0.2) is 44.3 Å². The molecular formula is C20H24FN3O3. The van der Waals surface area contributed by atoms with Gasteiger partial charge in [0.2, 0.25) is 5.91 Å². The Morgan fingerprint density at radius 3 is 2.48 bits per heavy atom. The molecule has 1 atom stereocenters. The highest BCUT2D eigenvalue weighted by atomic mass is 19.1. The maximum absolute atomic E-state index is 12.9. The van der Waals surface area contributed by atoms with Crippen molar-refractivity contribution in [3.63, 3.8) is 0 Å². The number of carbonyl (C=O) groups excluding carboxylic acids is 2. The van der Waals surface area contributed by atoms with Crippen LogP contribution < -0.4 is 0 Å². The summed E-state index contributed by atoms with van der Waals surface area (Å²) < 4.78 is 14.7. The van der Waals surface area contributed by atoms with Crippen molar-refractivity contribution in [1.82, 2.24) is 14.5 Å². The summed E-state index contributed by atoms with van der Waals surface area (Å²) >= 11 is 0. The molecule has 1 amide bonds. The Morgan fingerprint density at radius 1 is 1.22 bits per heavy atom. The number of imidazole rings is 1. The fourth-order valence-corrected chi connectivity index (χ4v) is 3.50. The van der Waals surface area contributed by atoms with Crippen LogP contribution >= 0.6 is 0 Å². The van der Waals surface area contributed by atoms with E-state index >= 15 is 0 Å². The molecule has 0 aliphatic carbocycles. The number of halogens is 1. The number of hydrogen-bond donors (Lipinski definition) is 1. The fraction of sp³-hybridized carbons (Fsp3) is 0.450. The van der Waals surface area contributed by atoms with Crippen LogP contribution in [0.5, 0.6) is 0 Å². The molecule has 1 aliphatic heterocycles. The van der Waals surface area contributed by atoms with Crippen LogP contribution in [0.25, 0.3) is 0 Å². The Hall–Kier alpha value is -2.54. The van der Waals surface area contributed by atoms with Crippen LogP contribution in [0.1, 0.15) is 48.0 Å². The number of aryl methyl sites for hydroxylation is 1. The van der Waals surface area contributed by atoms with Crippen LogP contribution in [0.4, 0.5) is 4.39 Å². The van der Waals surface area contributed by atoms with Gasteiger partial charge in [0.1, 0.15) is 17.7 Å². The standard InChI is InChI=1S/C20H24FN3O3/c1-23-13-10-22-20(23)19(27)15-8-11-24(12-9-15)18(26)7-6-17(25)14-2-4-16(21)5-3-14/h2-5,10,13,15,19,27H,6-9,11-12H2,1H3/t19-/m0/s1. The highest BCUT2D eigenvalue weighted by Gasteiger charge is 2.30. The first-order valence-electron chi connectivity index (χ1n) is 9.17. The maximum Gasteiger partial charge on any atom is 0.223 e. The Bertz CT molecular complexity index is 795. The highest BCUT2D eigenvalue weighted by Crippen LogP contribution is 2.30. The van der Waals surface area contributed by atoms with E-state index in [1.807, 2.05) is 11.6 Å². The van der Waals surface area contributed by atoms with Crippen molar-refractivity contribution in [3.8, 4) is 0 Å². The minimum atomic E-state index is -0.637. The molecule has 2 heterocycles. The van der Waals surface area contributed by atoms with E-state index in [9.17, 15) is 19.1 Å². The molecule has 1 aromatic heterocycles. The van der Waals surface area contributed by atoms with Gasteiger partial charge in [-0.2, -0.15) is 0 Å². The van der Waals surface area contributed by atoms with Crippen molar-refractivity contribution < 1.29 is 19.1 Å². The lowest BCUT2D eigenvalue weighted by Gasteiger charge is -2.34. The van der Waals surface area contributed by atoms with Gasteiger partial charge in [0.15, 0.2) is 5.78 Å². The Balaban J connectivity index is 1.46. The van der Waals surface area contributed by atoms with Crippen molar-refractivity contribution in [3.05, 3.63) is 53.9 Å². The van der Waals surface area contributed by atoms with Gasteiger partial charge in [-0.05, 0) is 43.0 Å². The summed E-state index contributed by atoms with van der Waals surface area (Å²) in [4.78, 5) is 30.4. The summed E-state index contributed by atoms with van der Waals surface area (Å²) in [6, 6.07) is 5.36. The summed E-state index contributed by atoms with van der Waals surface area (Å²) in [5, 5.41) is 10.5. The molecule has 2 aromatic rings. The van der Waals surface area contributed by atoms with Gasteiger partial charge in [0, 0.05) is 50.9 Å². The molecule has 0 radical (unpaired) electrons. The maximum atomic E-state index is 12.9. The largest absolute Gasteiger partial charge is 0.385 e. The normalized spacial score (nSPS) is 16.3. The van der Waals surface area contributed by atoms with Gasteiger partial charge >= 0.3 is 0 Å². The number of ketones is 1. The molecule has 0 saturated carbocycles. The van der Waals surface area contributed by atoms with Crippen LogP contribution in [0.2, 0.25) is 0 Å². The monoisotopic (exact) mass is 373 g/mol. The molecule has 144 valence electrons. The number of benzene rings is 1. The number of likely N-dealkylation sites (tertiary alicyclic amines) is 1. The van der Waals surface area contributed by atoms with E-state index in [4.69, 9.17) is 0 Å². The topological polar surface area (TPSA) is 75.4 Å². The first kappa shape index (κ1) is 19.2. The third kappa shape index (κ3) is 4.60. The number of nitrogens with zero attached hydrogens (tertiary/aromatic N) is 3. The molecule has 1 N–H and O–H groups in total. The molecule has 27 heavy (non-hydrogen) atoms. The van der Waals surface area contributed by atoms with E-state index in [0.29, 0.717) is 37.3 Å². The lowest BCUT2D eigenvalue weighted by atomic mass is 9.90. The highest BCUT2D eigenvalue weighted by molar-refractivity contribution is 5.97. The first-order chi connectivity index (χ1) is 13.0. The smallest absolute Gasteiger partial charge is 0.223 e. The molecule has 1 saturated heterocycles. The Labute approximate surface area is 157 Å². The summed E-state index contributed by atoms with van der Waals surface area (Å²) in [5.74, 6) is 0.0951. The van der Waals surface area contributed by atoms with Gasteiger partial charge in [-0.1, -0.05) is 0 Å². The van der Waals surface area contributed by atoms with E-state index in [-0.39, 0.29) is 30.4 Å². The predicted molar refractivity (Wildman–Crippen MR) is 97.4 cm³/mol. The number of piperidine rings is 1. The molecule has 1 fully saturated rings. The van der Waals surface area contributed by atoms with Crippen molar-refractivity contribution in [1.29, 1.82) is 0 Å². The van der Waals surface area contributed by atoms with E-state index < -0.39 is 11.9 Å². The number of aliphatic hydroxyl groups excluding tert-OH is 1. The predicted octanol–water partition coefficient (Wildman–Crippen LogP) is 2.49. The zero-order chi connectivity index (χ0) is 19.4. The van der Waals surface area contributed by atoms with Gasteiger partial charge in [-0.3, -0.25) is 9.59 Å². The SMILES string of the molecule is Cn1ccnc1[C@@H](O)C1CCN(C(=O)CCC(=O)c2ccc(F)cc2)CC1. The van der Waals surface area contributed by atoms with E-state index in [1.54, 1.807) is 17.3 Å². The van der Waals surface area contributed by atoms with Crippen molar-refractivity contribution in [2.75, 3.05) is 13.1 Å². The summed E-state index contributed by atoms with van der Waals surface area (Å²) in [7, 11) is 1.85. The van der Waals surface area contributed by atoms with Crippen molar-refractivity contribution in [2.45, 2.75) is 31.8 Å². The zero-order valence-corrected chi connectivity index (χ0v) is 15.3. The summed E-state index contributed by atoms with van der Waals surface area (Å²) in [5.41, 5.74) is 0.418. The lowest BCUT2D eigenvalue weighted by molar-refractivity contribution is -0.133. The number of rotatable bonds is 6. The van der Waals surface area contributed by atoms with Gasteiger partial charge in [0.05, 0.1) is 0 Å². The van der Waals surface area contributed by atoms with Crippen molar-refractivity contribution >= 4 is 11.7 Å². The van der Waals surface area contributed by atoms with Crippen LogP contribution in [-0.2, 0) is 11.8 Å². The third-order valence-corrected chi connectivity index (χ3v) is 5.19. The second-order valence-electron chi connectivity index (χ2n) is 6.99. The molecule has 1 aromatic carbocycles. The molecule has 0 unspecified atom stereocenters. The van der Waals surface area contributed by atoms with E-state index in [2.05, 4.69) is 4.98 Å². The summed E-state index contributed by atoms with van der Waals surface area (Å²) in [6.45, 7) is 1.13. The number of aliphatic hydroxyl groups is 1. The number of aromatic nitrogens is 2. The fourth-order valence-electron chi connectivity index (χ4n) is 3.50. The number of hydrogen-bond acceptors (Lipinski definition) is 4. The van der Waals surface area contributed by atoms with Crippen molar-refractivity contribution in [2.24, 2.45) is 13.0 Å². The molecule has 0 spiro atoms. The second-order valence-corrected chi connectivity index (χ2v) is 6.99. The van der Waals surface area contributed by atoms with E-state index in [1.165, 1.54) is 24.3 Å². The minimum Gasteiger partial charge on any atom is -0.385 e. The van der Waals surface area contributed by atoms with Crippen LogP contribution in [0.15, 0.2) is 36.7 Å². The Kier molecular flexibility index (Phi) is 6.01. The minimum absolute atomic E-state index is 0.0598. The molecule has 3 rings (SSSR count). The van der Waals surface area contributed by atoms with Gasteiger partial charge in [-0.15, -0.1) is 0 Å². The number of carbonyl (C=O) groups is 2. The van der Waals surface area contributed by atoms with Crippen LogP contribution in [0, 0.1) is 11.7 Å². The Morgan fingerprint density at radius 2 is 1.89 bits per heavy atom. The number of amides is 1. The molecule has 7 heteroatoms. The van der Waals surface area contributed by atoms with Gasteiger partial charge < -0.3 is 14.6 Å². The lowest BCUT2D eigenvalue weighted by Crippen LogP contribution is -2.40. The van der Waals surface area contributed by atoms with E-state index in [0.717, 1.165) is 0 Å². The molecular weight excluding hydrogens is 349 g/mol. The average molecular weight is 373 g/mol. The molecule has 0 bridgehead atoms. The summed E-state index contributed by atoms with van der Waals surface area (Å²) in [6.07, 6.45) is 4.48. The number of Topliss-reactive ketones (excluding diaryl/α,β-unsaturated/α-hetero) is 1. The van der Waals surface area contributed by atoms with Gasteiger partial charge in [0.25, 0.3) is 0 Å². The zero-order valence-electron chi connectivity index (χ0n) is 15.3. The quantitative estimate of drug-likeness (QED) is 0.790. The third-order valence-electron chi connectivity index (χ3n) is 5.19. The average Bonchev–Trinajstić information content (AvgIpc) is 3.12. The van der Waals surface area contributed by atoms with Gasteiger partial charge in [-0.25, -0.2) is 9.37 Å². The molecule has 6 nitrogen and oxygen atoms in total. The first-order valence-corrected chi connectivity index (χ1v) is 9.17. The second kappa shape index (κ2) is 8.43.